The summed E-state index contributed by atoms with van der Waals surface area (Å²) in [5, 5.41) is 4.43. The summed E-state index contributed by atoms with van der Waals surface area (Å²) >= 11 is 0. The monoisotopic (exact) mass is 404 g/mol. The number of unbranched alkanes of at least 4 members (excludes halogenated alkanes) is 7. The Hall–Kier alpha value is -2.38. The van der Waals surface area contributed by atoms with Gasteiger partial charge in [0.1, 0.15) is 0 Å². The quantitative estimate of drug-likeness (QED) is 0.298. The molecule has 8 heteroatoms. The van der Waals surface area contributed by atoms with Gasteiger partial charge in [-0.2, -0.15) is 10.1 Å². The zero-order valence-corrected chi connectivity index (χ0v) is 18.4. The molecule has 2 heterocycles. The molecule has 29 heavy (non-hydrogen) atoms. The van der Waals surface area contributed by atoms with Crippen LogP contribution >= 0.6 is 0 Å². The van der Waals surface area contributed by atoms with Gasteiger partial charge in [0.2, 0.25) is 5.95 Å². The molecular weight excluding hydrogens is 368 g/mol. The summed E-state index contributed by atoms with van der Waals surface area (Å²) in [7, 11) is 1.62. The van der Waals surface area contributed by atoms with Gasteiger partial charge in [-0.3, -0.25) is 14.3 Å². The summed E-state index contributed by atoms with van der Waals surface area (Å²) in [5.41, 5.74) is 3.95. The summed E-state index contributed by atoms with van der Waals surface area (Å²) in [4.78, 5) is 31.3. The maximum absolute atomic E-state index is 12.5. The number of H-pyrrole nitrogens is 1. The number of hydrazone groups is 1. The van der Waals surface area contributed by atoms with E-state index >= 15 is 0 Å². The van der Waals surface area contributed by atoms with Crippen molar-refractivity contribution in [1.29, 1.82) is 0 Å². The van der Waals surface area contributed by atoms with Gasteiger partial charge >= 0.3 is 5.69 Å². The molecule has 0 aliphatic heterocycles. The maximum Gasteiger partial charge on any atom is 0.329 e. The Morgan fingerprint density at radius 3 is 2.38 bits per heavy atom. The summed E-state index contributed by atoms with van der Waals surface area (Å²) in [5.74, 6) is 0.508. The smallest absolute Gasteiger partial charge is 0.303 e. The first kappa shape index (κ1) is 22.9. The predicted molar refractivity (Wildman–Crippen MR) is 120 cm³/mol. The molecule has 0 fully saturated rings. The highest BCUT2D eigenvalue weighted by Gasteiger charge is 2.17. The second-order valence-corrected chi connectivity index (χ2v) is 7.76. The van der Waals surface area contributed by atoms with Crippen LogP contribution in [0.3, 0.4) is 0 Å². The molecule has 0 amide bonds. The fourth-order valence-corrected chi connectivity index (χ4v) is 3.40. The van der Waals surface area contributed by atoms with E-state index in [0.29, 0.717) is 23.7 Å². The Morgan fingerprint density at radius 2 is 1.69 bits per heavy atom. The van der Waals surface area contributed by atoms with E-state index in [1.165, 1.54) is 36.7 Å². The third-order valence-electron chi connectivity index (χ3n) is 5.23. The van der Waals surface area contributed by atoms with E-state index in [4.69, 9.17) is 0 Å². The Labute approximate surface area is 172 Å². The molecule has 8 nitrogen and oxygen atoms in total. The zero-order valence-electron chi connectivity index (χ0n) is 18.4. The molecule has 2 N–H and O–H groups in total. The molecular formula is C21H36N6O2. The van der Waals surface area contributed by atoms with E-state index in [2.05, 4.69) is 34.3 Å². The standard InChI is InChI=1S/C21H36N6O2/c1-5-7-9-10-11-12-13-15-27-17-18(26(4)21(29)23-19(17)28)22-20(27)25-24-16(3)14-8-6-2/h5-15H2,1-4H3,(H,22,25)(H,23,28,29)/b24-16-. The van der Waals surface area contributed by atoms with Gasteiger partial charge in [0, 0.05) is 19.3 Å². The Morgan fingerprint density at radius 1 is 1.03 bits per heavy atom. The lowest BCUT2D eigenvalue weighted by molar-refractivity contribution is 0.556. The molecule has 0 bridgehead atoms. The number of hydrogen-bond acceptors (Lipinski definition) is 5. The molecule has 2 aromatic rings. The fraction of sp³-hybridized carbons (Fsp3) is 0.714. The molecule has 0 unspecified atom stereocenters. The number of aryl methyl sites for hydroxylation is 2. The van der Waals surface area contributed by atoms with Crippen molar-refractivity contribution in [2.75, 3.05) is 5.43 Å². The normalized spacial score (nSPS) is 12.1. The number of fused-ring (bicyclic) bond motifs is 1. The lowest BCUT2D eigenvalue weighted by atomic mass is 10.1. The largest absolute Gasteiger partial charge is 0.329 e. The number of aromatic amines is 1. The van der Waals surface area contributed by atoms with Gasteiger partial charge in [-0.15, -0.1) is 0 Å². The first-order chi connectivity index (χ1) is 14.0. The van der Waals surface area contributed by atoms with Gasteiger partial charge in [-0.05, 0) is 26.2 Å². The van der Waals surface area contributed by atoms with Gasteiger partial charge in [0.05, 0.1) is 0 Å². The Bertz CT molecular complexity index is 922. The van der Waals surface area contributed by atoms with Crippen LogP contribution in [-0.4, -0.2) is 24.8 Å². The van der Waals surface area contributed by atoms with E-state index in [1.807, 2.05) is 11.5 Å². The molecule has 0 radical (unpaired) electrons. The van der Waals surface area contributed by atoms with Crippen LogP contribution in [0.25, 0.3) is 11.2 Å². The van der Waals surface area contributed by atoms with Crippen molar-refractivity contribution in [3.05, 3.63) is 20.8 Å². The molecule has 0 aliphatic carbocycles. The highest BCUT2D eigenvalue weighted by atomic mass is 16.2. The minimum atomic E-state index is -0.461. The number of aromatic nitrogens is 4. The number of anilines is 1. The fourth-order valence-electron chi connectivity index (χ4n) is 3.40. The molecule has 2 aromatic heterocycles. The Kier molecular flexibility index (Phi) is 9.15. The van der Waals surface area contributed by atoms with E-state index in [-0.39, 0.29) is 0 Å². The molecule has 0 atom stereocenters. The molecule has 0 saturated carbocycles. The van der Waals surface area contributed by atoms with Crippen LogP contribution in [0.4, 0.5) is 5.95 Å². The van der Waals surface area contributed by atoms with Crippen LogP contribution in [0.1, 0.15) is 85.0 Å². The first-order valence-corrected chi connectivity index (χ1v) is 11.0. The van der Waals surface area contributed by atoms with E-state index in [1.54, 1.807) is 7.05 Å². The van der Waals surface area contributed by atoms with Crippen molar-refractivity contribution in [2.45, 2.75) is 91.5 Å². The second-order valence-electron chi connectivity index (χ2n) is 7.76. The molecule has 0 saturated heterocycles. The van der Waals surface area contributed by atoms with Crippen molar-refractivity contribution in [3.8, 4) is 0 Å². The van der Waals surface area contributed by atoms with Crippen LogP contribution in [0, 0.1) is 0 Å². The number of hydrogen-bond donors (Lipinski definition) is 2. The summed E-state index contributed by atoms with van der Waals surface area (Å²) in [6.45, 7) is 7.01. The third-order valence-corrected chi connectivity index (χ3v) is 5.23. The average molecular weight is 405 g/mol. The van der Waals surface area contributed by atoms with Crippen molar-refractivity contribution < 1.29 is 0 Å². The molecule has 162 valence electrons. The first-order valence-electron chi connectivity index (χ1n) is 11.0. The van der Waals surface area contributed by atoms with Crippen molar-refractivity contribution in [2.24, 2.45) is 12.1 Å². The van der Waals surface area contributed by atoms with Crippen LogP contribution in [-0.2, 0) is 13.6 Å². The molecule has 0 spiro atoms. The van der Waals surface area contributed by atoms with Gasteiger partial charge < -0.3 is 4.57 Å². The van der Waals surface area contributed by atoms with Gasteiger partial charge in [0.25, 0.3) is 5.56 Å². The van der Waals surface area contributed by atoms with E-state index < -0.39 is 11.2 Å². The minimum absolute atomic E-state index is 0.380. The minimum Gasteiger partial charge on any atom is -0.303 e. The van der Waals surface area contributed by atoms with Crippen LogP contribution < -0.4 is 16.7 Å². The average Bonchev–Trinajstić information content (AvgIpc) is 3.07. The van der Waals surface area contributed by atoms with Crippen molar-refractivity contribution in [3.63, 3.8) is 0 Å². The van der Waals surface area contributed by atoms with Crippen LogP contribution in [0.2, 0.25) is 0 Å². The lowest BCUT2D eigenvalue weighted by Crippen LogP contribution is -2.29. The summed E-state index contributed by atoms with van der Waals surface area (Å²) < 4.78 is 3.23. The van der Waals surface area contributed by atoms with E-state index in [0.717, 1.165) is 37.8 Å². The number of rotatable bonds is 13. The number of nitrogens with zero attached hydrogens (tertiary/aromatic N) is 4. The molecule has 0 aromatic carbocycles. The third kappa shape index (κ3) is 6.30. The SMILES string of the molecule is CCCCCCCCCn1c(N/N=C(/C)CCCC)nc2c1c(=O)[nH]c(=O)n2C. The second kappa shape index (κ2) is 11.6. The molecule has 2 rings (SSSR count). The highest BCUT2D eigenvalue weighted by molar-refractivity contribution is 5.82. The highest BCUT2D eigenvalue weighted by Crippen LogP contribution is 2.17. The van der Waals surface area contributed by atoms with E-state index in [9.17, 15) is 9.59 Å². The maximum atomic E-state index is 12.5. The van der Waals surface area contributed by atoms with Gasteiger partial charge in [-0.25, -0.2) is 10.2 Å². The van der Waals surface area contributed by atoms with Crippen molar-refractivity contribution >= 4 is 22.8 Å². The Balaban J connectivity index is 2.21. The van der Waals surface area contributed by atoms with Crippen LogP contribution in [0.5, 0.6) is 0 Å². The lowest BCUT2D eigenvalue weighted by Gasteiger charge is -2.09. The topological polar surface area (TPSA) is 97.1 Å². The van der Waals surface area contributed by atoms with Gasteiger partial charge in [-0.1, -0.05) is 58.8 Å². The zero-order chi connectivity index (χ0) is 21.2. The molecule has 0 aliphatic rings. The van der Waals surface area contributed by atoms with Crippen molar-refractivity contribution in [1.82, 2.24) is 19.1 Å². The number of nitrogens with one attached hydrogen (secondary N) is 2. The number of imidazole rings is 1. The summed E-state index contributed by atoms with van der Waals surface area (Å²) in [6.07, 6.45) is 11.4. The van der Waals surface area contributed by atoms with Gasteiger partial charge in [0.15, 0.2) is 11.2 Å². The van der Waals surface area contributed by atoms with Crippen LogP contribution in [0.15, 0.2) is 14.7 Å². The summed E-state index contributed by atoms with van der Waals surface area (Å²) in [6, 6.07) is 0. The predicted octanol–water partition coefficient (Wildman–Crippen LogP) is 4.15.